The van der Waals surface area contributed by atoms with E-state index >= 15 is 0 Å². The molecular weight excluding hydrogens is 276 g/mol. The summed E-state index contributed by atoms with van der Waals surface area (Å²) in [5.41, 5.74) is 0. The SMILES string of the molecule is CCN1CCN(c2nc(Cl)nc(N(CC)CC)n2)CC1. The largest absolute Gasteiger partial charge is 0.341 e. The predicted molar refractivity (Wildman–Crippen MR) is 82.7 cm³/mol. The summed E-state index contributed by atoms with van der Waals surface area (Å²) in [5, 5.41) is 0.273. The topological polar surface area (TPSA) is 48.4 Å². The van der Waals surface area contributed by atoms with Crippen LogP contribution in [0.15, 0.2) is 0 Å². The summed E-state index contributed by atoms with van der Waals surface area (Å²) in [6.07, 6.45) is 0. The Hall–Kier alpha value is -1.14. The highest BCUT2D eigenvalue weighted by Crippen LogP contribution is 2.17. The van der Waals surface area contributed by atoms with Gasteiger partial charge < -0.3 is 14.7 Å². The molecule has 6 nitrogen and oxygen atoms in total. The van der Waals surface area contributed by atoms with Crippen molar-refractivity contribution in [2.45, 2.75) is 20.8 Å². The summed E-state index contributed by atoms with van der Waals surface area (Å²) in [7, 11) is 0. The Labute approximate surface area is 125 Å². The van der Waals surface area contributed by atoms with Crippen molar-refractivity contribution in [3.63, 3.8) is 0 Å². The van der Waals surface area contributed by atoms with E-state index in [1.165, 1.54) is 0 Å². The number of rotatable bonds is 5. The highest BCUT2D eigenvalue weighted by Gasteiger charge is 2.20. The molecule has 2 rings (SSSR count). The van der Waals surface area contributed by atoms with Crippen molar-refractivity contribution in [2.75, 3.05) is 55.6 Å². The number of aromatic nitrogens is 3. The van der Waals surface area contributed by atoms with Crippen LogP contribution in [0.25, 0.3) is 0 Å². The Bertz CT molecular complexity index is 429. The number of likely N-dealkylation sites (N-methyl/N-ethyl adjacent to an activating group) is 1. The summed E-state index contributed by atoms with van der Waals surface area (Å²) in [6, 6.07) is 0. The predicted octanol–water partition coefficient (Wildman–Crippen LogP) is 1.51. The molecule has 0 spiro atoms. The van der Waals surface area contributed by atoms with Crippen molar-refractivity contribution in [2.24, 2.45) is 0 Å². The van der Waals surface area contributed by atoms with Crippen LogP contribution in [-0.2, 0) is 0 Å². The van der Waals surface area contributed by atoms with E-state index in [9.17, 15) is 0 Å². The van der Waals surface area contributed by atoms with Crippen LogP contribution >= 0.6 is 11.6 Å². The molecule has 0 aromatic carbocycles. The first-order valence-electron chi connectivity index (χ1n) is 7.31. The van der Waals surface area contributed by atoms with Gasteiger partial charge in [-0.1, -0.05) is 6.92 Å². The van der Waals surface area contributed by atoms with Crippen molar-refractivity contribution in [1.29, 1.82) is 0 Å². The van der Waals surface area contributed by atoms with Crippen molar-refractivity contribution in [3.05, 3.63) is 5.28 Å². The molecule has 7 heteroatoms. The third kappa shape index (κ3) is 3.49. The molecule has 1 aliphatic heterocycles. The Balaban J connectivity index is 2.16. The Morgan fingerprint density at radius 2 is 1.65 bits per heavy atom. The lowest BCUT2D eigenvalue weighted by molar-refractivity contribution is 0.270. The van der Waals surface area contributed by atoms with Gasteiger partial charge in [-0.25, -0.2) is 0 Å². The third-order valence-corrected chi connectivity index (χ3v) is 3.90. The lowest BCUT2D eigenvalue weighted by Gasteiger charge is -2.34. The van der Waals surface area contributed by atoms with E-state index in [1.807, 2.05) is 0 Å². The van der Waals surface area contributed by atoms with Gasteiger partial charge in [0.25, 0.3) is 0 Å². The maximum atomic E-state index is 6.06. The highest BCUT2D eigenvalue weighted by molar-refractivity contribution is 6.28. The fraction of sp³-hybridized carbons (Fsp3) is 0.769. The molecule has 1 aromatic heterocycles. The molecule has 1 saturated heterocycles. The van der Waals surface area contributed by atoms with Gasteiger partial charge in [-0.15, -0.1) is 0 Å². The van der Waals surface area contributed by atoms with E-state index in [4.69, 9.17) is 11.6 Å². The quantitative estimate of drug-likeness (QED) is 0.821. The van der Waals surface area contributed by atoms with Crippen LogP contribution in [0.4, 0.5) is 11.9 Å². The maximum absolute atomic E-state index is 6.06. The van der Waals surface area contributed by atoms with Crippen molar-refractivity contribution in [3.8, 4) is 0 Å². The lowest BCUT2D eigenvalue weighted by atomic mass is 10.3. The molecule has 1 aliphatic rings. The first kappa shape index (κ1) is 15.3. The fourth-order valence-electron chi connectivity index (χ4n) is 2.38. The summed E-state index contributed by atoms with van der Waals surface area (Å²) < 4.78 is 0. The smallest absolute Gasteiger partial charge is 0.231 e. The average Bonchev–Trinajstić information content (AvgIpc) is 2.48. The minimum Gasteiger partial charge on any atom is -0.341 e. The molecule has 2 heterocycles. The molecule has 0 N–H and O–H groups in total. The monoisotopic (exact) mass is 298 g/mol. The minimum absolute atomic E-state index is 0.273. The Kier molecular flexibility index (Phi) is 5.37. The molecule has 112 valence electrons. The Morgan fingerprint density at radius 1 is 1.00 bits per heavy atom. The standard InChI is InChI=1S/C13H23ClN6/c1-4-18-7-9-20(10-8-18)13-16-11(14)15-12(17-13)19(5-2)6-3/h4-10H2,1-3H3. The molecule has 0 bridgehead atoms. The van der Waals surface area contributed by atoms with Crippen LogP contribution in [-0.4, -0.2) is 65.7 Å². The Morgan fingerprint density at radius 3 is 2.20 bits per heavy atom. The molecule has 0 saturated carbocycles. The van der Waals surface area contributed by atoms with Gasteiger partial charge in [0.1, 0.15) is 0 Å². The maximum Gasteiger partial charge on any atom is 0.231 e. The number of hydrogen-bond acceptors (Lipinski definition) is 6. The first-order chi connectivity index (χ1) is 9.67. The van der Waals surface area contributed by atoms with E-state index < -0.39 is 0 Å². The van der Waals surface area contributed by atoms with Crippen LogP contribution in [0.1, 0.15) is 20.8 Å². The number of nitrogens with zero attached hydrogens (tertiary/aromatic N) is 6. The summed E-state index contributed by atoms with van der Waals surface area (Å²) in [4.78, 5) is 19.8. The minimum atomic E-state index is 0.273. The van der Waals surface area contributed by atoms with Gasteiger partial charge in [0, 0.05) is 39.3 Å². The van der Waals surface area contributed by atoms with Gasteiger partial charge in [-0.2, -0.15) is 15.0 Å². The van der Waals surface area contributed by atoms with E-state index in [2.05, 4.69) is 50.4 Å². The normalized spacial score (nSPS) is 16.5. The van der Waals surface area contributed by atoms with Crippen molar-refractivity contribution < 1.29 is 0 Å². The van der Waals surface area contributed by atoms with Gasteiger partial charge in [-0.05, 0) is 32.0 Å². The van der Waals surface area contributed by atoms with Crippen LogP contribution in [0.3, 0.4) is 0 Å². The second kappa shape index (κ2) is 7.04. The van der Waals surface area contributed by atoms with Crippen LogP contribution < -0.4 is 9.80 Å². The first-order valence-corrected chi connectivity index (χ1v) is 7.69. The van der Waals surface area contributed by atoms with Gasteiger partial charge in [0.2, 0.25) is 17.2 Å². The van der Waals surface area contributed by atoms with Crippen LogP contribution in [0.2, 0.25) is 5.28 Å². The van der Waals surface area contributed by atoms with E-state index in [0.29, 0.717) is 11.9 Å². The average molecular weight is 299 g/mol. The molecule has 1 fully saturated rings. The molecule has 20 heavy (non-hydrogen) atoms. The molecule has 1 aromatic rings. The number of anilines is 2. The van der Waals surface area contributed by atoms with E-state index in [0.717, 1.165) is 45.8 Å². The lowest BCUT2D eigenvalue weighted by Crippen LogP contribution is -2.47. The molecular formula is C13H23ClN6. The number of halogens is 1. The van der Waals surface area contributed by atoms with Crippen molar-refractivity contribution in [1.82, 2.24) is 19.9 Å². The van der Waals surface area contributed by atoms with Crippen molar-refractivity contribution >= 4 is 23.5 Å². The van der Waals surface area contributed by atoms with Gasteiger partial charge in [-0.3, -0.25) is 0 Å². The van der Waals surface area contributed by atoms with E-state index in [-0.39, 0.29) is 5.28 Å². The molecule has 0 radical (unpaired) electrons. The van der Waals surface area contributed by atoms with Crippen LogP contribution in [0, 0.1) is 0 Å². The number of piperazine rings is 1. The van der Waals surface area contributed by atoms with E-state index in [1.54, 1.807) is 0 Å². The van der Waals surface area contributed by atoms with Gasteiger partial charge in [0.15, 0.2) is 0 Å². The van der Waals surface area contributed by atoms with Gasteiger partial charge in [0.05, 0.1) is 0 Å². The molecule has 0 aliphatic carbocycles. The summed E-state index contributed by atoms with van der Waals surface area (Å²) in [6.45, 7) is 13.1. The third-order valence-electron chi connectivity index (χ3n) is 3.73. The molecule has 0 unspecified atom stereocenters. The molecule has 0 amide bonds. The summed E-state index contributed by atoms with van der Waals surface area (Å²) in [5.74, 6) is 1.37. The zero-order valence-corrected chi connectivity index (χ0v) is 13.3. The fourth-order valence-corrected chi connectivity index (χ4v) is 2.53. The zero-order valence-electron chi connectivity index (χ0n) is 12.5. The molecule has 0 atom stereocenters. The second-order valence-electron chi connectivity index (χ2n) is 4.80. The highest BCUT2D eigenvalue weighted by atomic mass is 35.5. The summed E-state index contributed by atoms with van der Waals surface area (Å²) >= 11 is 6.06. The van der Waals surface area contributed by atoms with Gasteiger partial charge >= 0.3 is 0 Å². The van der Waals surface area contributed by atoms with Crippen LogP contribution in [0.5, 0.6) is 0 Å². The number of hydrogen-bond donors (Lipinski definition) is 0. The second-order valence-corrected chi connectivity index (χ2v) is 5.14. The zero-order chi connectivity index (χ0) is 14.5.